The zero-order chi connectivity index (χ0) is 29.2. The van der Waals surface area contributed by atoms with Gasteiger partial charge in [0, 0.05) is 65.0 Å². The van der Waals surface area contributed by atoms with E-state index in [9.17, 15) is 14.4 Å². The van der Waals surface area contributed by atoms with E-state index in [1.807, 2.05) is 36.3 Å². The van der Waals surface area contributed by atoms with Crippen molar-refractivity contribution in [3.63, 3.8) is 0 Å². The molecule has 3 heterocycles. The standard InChI is InChI=1S/C20H29N5S.C6H8O7/c1-16-6-7-18(26-16)14-25(10-5-9-24-11-8-21-15-24)13-17-12-22-23-19(17)20(2,3)4;7-3(8)1-6(13,5(11)12)2-4(9)10/h6-8,11-12,15H,5,9-10,13-14H2,1-4H3,(H,22,23);13H,1-2H2,(H,7,8)(H,9,10)(H,11,12). The van der Waals surface area contributed by atoms with Gasteiger partial charge in [-0.1, -0.05) is 20.8 Å². The summed E-state index contributed by atoms with van der Waals surface area (Å²) < 4.78 is 2.14. The molecule has 0 saturated carbocycles. The number of hydrogen-bond acceptors (Lipinski definition) is 8. The summed E-state index contributed by atoms with van der Waals surface area (Å²) >= 11 is 1.89. The Labute approximate surface area is 230 Å². The van der Waals surface area contributed by atoms with Gasteiger partial charge in [-0.05, 0) is 25.5 Å². The van der Waals surface area contributed by atoms with Crippen molar-refractivity contribution in [2.45, 2.75) is 77.6 Å². The average Bonchev–Trinajstić information content (AvgIpc) is 3.55. The smallest absolute Gasteiger partial charge is 0.336 e. The minimum atomic E-state index is -2.74. The van der Waals surface area contributed by atoms with Crippen LogP contribution in [0.1, 0.15) is 61.0 Å². The van der Waals surface area contributed by atoms with E-state index in [1.165, 1.54) is 21.0 Å². The number of carboxylic acids is 3. The number of aromatic amines is 1. The lowest BCUT2D eigenvalue weighted by molar-refractivity contribution is -0.170. The van der Waals surface area contributed by atoms with Gasteiger partial charge in [-0.2, -0.15) is 5.10 Å². The van der Waals surface area contributed by atoms with Gasteiger partial charge in [0.15, 0.2) is 5.60 Å². The van der Waals surface area contributed by atoms with E-state index in [0.29, 0.717) is 0 Å². The van der Waals surface area contributed by atoms with Crippen LogP contribution in [0.4, 0.5) is 0 Å². The van der Waals surface area contributed by atoms with Crippen LogP contribution in [-0.2, 0) is 39.4 Å². The molecule has 3 rings (SSSR count). The van der Waals surface area contributed by atoms with Gasteiger partial charge >= 0.3 is 17.9 Å². The fraction of sp³-hybridized carbons (Fsp3) is 0.500. The molecule has 3 aromatic heterocycles. The van der Waals surface area contributed by atoms with E-state index < -0.39 is 36.4 Å². The van der Waals surface area contributed by atoms with E-state index in [-0.39, 0.29) is 5.41 Å². The highest BCUT2D eigenvalue weighted by Crippen LogP contribution is 2.26. The first-order valence-corrected chi connectivity index (χ1v) is 13.2. The number of rotatable bonds is 13. The van der Waals surface area contributed by atoms with Gasteiger partial charge in [-0.15, -0.1) is 11.3 Å². The Balaban J connectivity index is 0.000000349. The predicted octanol–water partition coefficient (Wildman–Crippen LogP) is 3.12. The number of aryl methyl sites for hydroxylation is 2. The van der Waals surface area contributed by atoms with Crippen LogP contribution >= 0.6 is 11.3 Å². The van der Waals surface area contributed by atoms with Crippen molar-refractivity contribution in [2.75, 3.05) is 6.54 Å². The molecule has 0 amide bonds. The van der Waals surface area contributed by atoms with E-state index in [2.05, 4.69) is 64.5 Å². The number of hydrogen-bond donors (Lipinski definition) is 5. The number of nitrogens with zero attached hydrogens (tertiary/aromatic N) is 4. The number of aromatic nitrogens is 4. The number of aliphatic hydroxyl groups is 1. The fourth-order valence-electron chi connectivity index (χ4n) is 3.94. The second-order valence-electron chi connectivity index (χ2n) is 10.4. The molecular weight excluding hydrogens is 526 g/mol. The molecule has 214 valence electrons. The van der Waals surface area contributed by atoms with E-state index >= 15 is 0 Å². The molecule has 5 N–H and O–H groups in total. The third kappa shape index (κ3) is 10.6. The van der Waals surface area contributed by atoms with Gasteiger partial charge in [0.2, 0.25) is 0 Å². The van der Waals surface area contributed by atoms with Gasteiger partial charge in [0.05, 0.1) is 25.4 Å². The SMILES string of the molecule is Cc1ccc(CN(CCCn2ccnc2)Cc2cn[nH]c2C(C)(C)C)s1.O=C(O)CC(O)(CC(=O)O)C(=O)O. The minimum absolute atomic E-state index is 0.0772. The highest BCUT2D eigenvalue weighted by molar-refractivity contribution is 7.11. The summed E-state index contributed by atoms with van der Waals surface area (Å²) in [7, 11) is 0. The van der Waals surface area contributed by atoms with Crippen molar-refractivity contribution in [1.29, 1.82) is 0 Å². The lowest BCUT2D eigenvalue weighted by atomic mass is 9.89. The third-order valence-corrected chi connectivity index (χ3v) is 6.76. The van der Waals surface area contributed by atoms with Crippen molar-refractivity contribution in [1.82, 2.24) is 24.6 Å². The van der Waals surface area contributed by atoms with Crippen molar-refractivity contribution >= 4 is 29.2 Å². The van der Waals surface area contributed by atoms with Crippen molar-refractivity contribution in [3.8, 4) is 0 Å². The van der Waals surface area contributed by atoms with Crippen molar-refractivity contribution in [3.05, 3.63) is 58.1 Å². The van der Waals surface area contributed by atoms with E-state index in [0.717, 1.165) is 32.6 Å². The molecule has 0 radical (unpaired) electrons. The maximum Gasteiger partial charge on any atom is 0.336 e. The number of carboxylic acid groups (broad SMARTS) is 3. The van der Waals surface area contributed by atoms with Crippen LogP contribution in [0.3, 0.4) is 0 Å². The Hall–Kier alpha value is -3.55. The van der Waals surface area contributed by atoms with Crippen LogP contribution in [0.25, 0.3) is 0 Å². The Bertz CT molecular complexity index is 1200. The first kappa shape index (κ1) is 31.7. The monoisotopic (exact) mass is 563 g/mol. The number of nitrogens with one attached hydrogen (secondary N) is 1. The number of aliphatic carboxylic acids is 3. The lowest BCUT2D eigenvalue weighted by Crippen LogP contribution is -2.42. The molecule has 0 spiro atoms. The lowest BCUT2D eigenvalue weighted by Gasteiger charge is -2.24. The highest BCUT2D eigenvalue weighted by atomic mass is 32.1. The van der Waals surface area contributed by atoms with Gasteiger partial charge in [0.25, 0.3) is 0 Å². The maximum absolute atomic E-state index is 10.3. The number of imidazole rings is 1. The largest absolute Gasteiger partial charge is 0.481 e. The summed E-state index contributed by atoms with van der Waals surface area (Å²) in [6, 6.07) is 4.46. The molecule has 0 unspecified atom stereocenters. The molecule has 0 aromatic carbocycles. The molecule has 0 fully saturated rings. The third-order valence-electron chi connectivity index (χ3n) is 5.77. The second-order valence-corrected chi connectivity index (χ2v) is 11.7. The van der Waals surface area contributed by atoms with Crippen LogP contribution in [-0.4, -0.2) is 75.1 Å². The molecule has 12 nitrogen and oxygen atoms in total. The van der Waals surface area contributed by atoms with Crippen LogP contribution in [0.15, 0.2) is 37.1 Å². The first-order chi connectivity index (χ1) is 18.2. The summed E-state index contributed by atoms with van der Waals surface area (Å²) in [6.45, 7) is 12.8. The topological polar surface area (TPSA) is 182 Å². The molecule has 0 aliphatic heterocycles. The molecule has 13 heteroatoms. The number of H-pyrrole nitrogens is 1. The van der Waals surface area contributed by atoms with Gasteiger partial charge in [0.1, 0.15) is 0 Å². The van der Waals surface area contributed by atoms with Gasteiger partial charge < -0.3 is 25.0 Å². The molecule has 0 aliphatic rings. The summed E-state index contributed by atoms with van der Waals surface area (Å²) in [5.41, 5.74) is -0.126. The minimum Gasteiger partial charge on any atom is -0.481 e. The quantitative estimate of drug-likeness (QED) is 0.207. The molecule has 0 atom stereocenters. The molecule has 0 bridgehead atoms. The van der Waals surface area contributed by atoms with Crippen LogP contribution in [0.2, 0.25) is 0 Å². The second kappa shape index (κ2) is 14.0. The number of thiophene rings is 1. The Kier molecular flexibility index (Phi) is 11.4. The first-order valence-electron chi connectivity index (χ1n) is 12.3. The van der Waals surface area contributed by atoms with E-state index in [1.54, 1.807) is 0 Å². The molecule has 39 heavy (non-hydrogen) atoms. The average molecular weight is 564 g/mol. The highest BCUT2D eigenvalue weighted by Gasteiger charge is 2.40. The number of carbonyl (C=O) groups is 3. The molecule has 0 saturated heterocycles. The zero-order valence-electron chi connectivity index (χ0n) is 22.6. The molecule has 3 aromatic rings. The normalized spacial score (nSPS) is 11.7. The Morgan fingerprint density at radius 3 is 2.23 bits per heavy atom. The van der Waals surface area contributed by atoms with E-state index in [4.69, 9.17) is 20.4 Å². The van der Waals surface area contributed by atoms with Crippen LogP contribution < -0.4 is 0 Å². The Morgan fingerprint density at radius 2 is 1.74 bits per heavy atom. The fourth-order valence-corrected chi connectivity index (χ4v) is 4.87. The maximum atomic E-state index is 10.3. The molecular formula is C26H37N5O7S. The van der Waals surface area contributed by atoms with Crippen LogP contribution in [0.5, 0.6) is 0 Å². The van der Waals surface area contributed by atoms with Crippen molar-refractivity contribution in [2.24, 2.45) is 0 Å². The summed E-state index contributed by atoms with van der Waals surface area (Å²) in [5.74, 6) is -5.02. The Morgan fingerprint density at radius 1 is 1.08 bits per heavy atom. The predicted molar refractivity (Wildman–Crippen MR) is 144 cm³/mol. The zero-order valence-corrected chi connectivity index (χ0v) is 23.4. The van der Waals surface area contributed by atoms with Gasteiger partial charge in [-0.3, -0.25) is 19.6 Å². The van der Waals surface area contributed by atoms with Crippen LogP contribution in [0, 0.1) is 6.92 Å². The molecule has 0 aliphatic carbocycles. The summed E-state index contributed by atoms with van der Waals surface area (Å²) in [5, 5.41) is 41.3. The summed E-state index contributed by atoms with van der Waals surface area (Å²) in [4.78, 5) is 39.9. The van der Waals surface area contributed by atoms with Gasteiger partial charge in [-0.25, -0.2) is 9.78 Å². The summed E-state index contributed by atoms with van der Waals surface area (Å²) in [6.07, 6.45) is 6.56. The van der Waals surface area contributed by atoms with Crippen molar-refractivity contribution < 1.29 is 34.8 Å².